The zero-order valence-corrected chi connectivity index (χ0v) is 26.3. The number of fused-ring (bicyclic) bond motifs is 3. The molecule has 13 nitrogen and oxygen atoms in total. The number of anilines is 2. The molecule has 244 valence electrons. The van der Waals surface area contributed by atoms with Crippen LogP contribution in [0.25, 0.3) is 5.76 Å². The number of rotatable bonds is 4. The Morgan fingerprint density at radius 2 is 1.63 bits per heavy atom. The minimum Gasteiger partial charge on any atom is -0.508 e. The highest BCUT2D eigenvalue weighted by molar-refractivity contribution is 6.24. The van der Waals surface area contributed by atoms with Crippen molar-refractivity contribution in [1.29, 1.82) is 0 Å². The first-order chi connectivity index (χ1) is 21.3. The third kappa shape index (κ3) is 4.82. The molecule has 3 aliphatic rings. The SMILES string of the molecule is Cc1ccc(NC(=O)Nc2ccc3c(c2O)C(O)=C2C(=O)[C@@]4(O)C(O)=C(C(N)=O)C(=O)[C@H](N(C)C)[C@H]4[C@H](O)[C@H]2C3)c(C(C)(C)C)c1. The van der Waals surface area contributed by atoms with E-state index in [1.807, 2.05) is 39.8 Å². The summed E-state index contributed by atoms with van der Waals surface area (Å²) in [6.07, 6.45) is -1.80. The van der Waals surface area contributed by atoms with E-state index < -0.39 is 81.5 Å². The van der Waals surface area contributed by atoms with Gasteiger partial charge in [0.1, 0.15) is 22.8 Å². The third-order valence-corrected chi connectivity index (χ3v) is 9.16. The van der Waals surface area contributed by atoms with Gasteiger partial charge < -0.3 is 41.9 Å². The minimum absolute atomic E-state index is 0.110. The highest BCUT2D eigenvalue weighted by Crippen LogP contribution is 2.53. The van der Waals surface area contributed by atoms with E-state index in [-0.39, 0.29) is 23.1 Å². The van der Waals surface area contributed by atoms with Crippen LogP contribution in [-0.2, 0) is 26.2 Å². The Balaban J connectivity index is 1.56. The number of primary amides is 1. The van der Waals surface area contributed by atoms with Crippen molar-refractivity contribution in [3.05, 3.63) is 69.5 Å². The van der Waals surface area contributed by atoms with E-state index in [9.17, 15) is 44.7 Å². The number of aromatic hydroxyl groups is 1. The predicted octanol–water partition coefficient (Wildman–Crippen LogP) is 2.18. The number of phenols is 1. The van der Waals surface area contributed by atoms with E-state index in [1.165, 1.54) is 31.1 Å². The summed E-state index contributed by atoms with van der Waals surface area (Å²) in [5.41, 5.74) is 2.94. The minimum atomic E-state index is -3.01. The molecule has 9 N–H and O–H groups in total. The second-order valence-corrected chi connectivity index (χ2v) is 13.4. The van der Waals surface area contributed by atoms with Gasteiger partial charge in [-0.15, -0.1) is 0 Å². The maximum absolute atomic E-state index is 14.0. The molecule has 3 amide bonds. The number of phenolic OH excluding ortho intramolecular Hbond substituents is 1. The summed E-state index contributed by atoms with van der Waals surface area (Å²) in [4.78, 5) is 53.8. The Kier molecular flexibility index (Phi) is 7.79. The number of carbonyl (C=O) groups excluding carboxylic acids is 4. The zero-order chi connectivity index (χ0) is 34.2. The number of carbonyl (C=O) groups is 4. The number of hydrogen-bond donors (Lipinski definition) is 8. The molecule has 0 unspecified atom stereocenters. The van der Waals surface area contributed by atoms with Gasteiger partial charge in [0.25, 0.3) is 5.91 Å². The molecule has 0 saturated heterocycles. The Morgan fingerprint density at radius 1 is 1.02 bits per heavy atom. The van der Waals surface area contributed by atoms with Gasteiger partial charge in [-0.2, -0.15) is 0 Å². The van der Waals surface area contributed by atoms with Crippen LogP contribution in [0, 0.1) is 18.8 Å². The molecular weight excluding hydrogens is 596 g/mol. The van der Waals surface area contributed by atoms with Gasteiger partial charge in [0, 0.05) is 17.2 Å². The predicted molar refractivity (Wildman–Crippen MR) is 168 cm³/mol. The first-order valence-corrected chi connectivity index (χ1v) is 14.7. The highest BCUT2D eigenvalue weighted by atomic mass is 16.4. The molecule has 46 heavy (non-hydrogen) atoms. The summed E-state index contributed by atoms with van der Waals surface area (Å²) in [6.45, 7) is 7.94. The molecule has 2 aromatic carbocycles. The molecule has 0 bridgehead atoms. The lowest BCUT2D eigenvalue weighted by molar-refractivity contribution is -0.168. The summed E-state index contributed by atoms with van der Waals surface area (Å²) < 4.78 is 0. The number of aliphatic hydroxyl groups excluding tert-OH is 3. The normalized spacial score (nSPS) is 26.0. The molecule has 13 heteroatoms. The number of nitrogens with one attached hydrogen (secondary N) is 2. The van der Waals surface area contributed by atoms with Crippen LogP contribution >= 0.6 is 0 Å². The second kappa shape index (κ2) is 11.0. The summed E-state index contributed by atoms with van der Waals surface area (Å²) in [5, 5.41) is 62.3. The number of nitrogens with two attached hydrogens (primary N) is 1. The fraction of sp³-hybridized carbons (Fsp3) is 0.394. The van der Waals surface area contributed by atoms with Crippen LogP contribution in [0.1, 0.15) is 43.0 Å². The molecule has 1 saturated carbocycles. The monoisotopic (exact) mass is 634 g/mol. The van der Waals surface area contributed by atoms with Gasteiger partial charge in [-0.3, -0.25) is 19.3 Å². The first kappa shape index (κ1) is 32.7. The number of Topliss-reactive ketones (excluding diaryl/α,β-unsaturated/α-hetero) is 2. The van der Waals surface area contributed by atoms with E-state index in [0.717, 1.165) is 11.1 Å². The third-order valence-electron chi connectivity index (χ3n) is 9.16. The van der Waals surface area contributed by atoms with Gasteiger partial charge in [-0.25, -0.2) is 4.79 Å². The smallest absolute Gasteiger partial charge is 0.323 e. The van der Waals surface area contributed by atoms with Crippen molar-refractivity contribution in [2.75, 3.05) is 24.7 Å². The number of nitrogens with zero attached hydrogens (tertiary/aromatic N) is 1. The molecule has 0 aromatic heterocycles. The lowest BCUT2D eigenvalue weighted by atomic mass is 9.56. The summed E-state index contributed by atoms with van der Waals surface area (Å²) in [5.74, 6) is -9.13. The van der Waals surface area contributed by atoms with Gasteiger partial charge in [0.15, 0.2) is 11.4 Å². The Morgan fingerprint density at radius 3 is 2.22 bits per heavy atom. The van der Waals surface area contributed by atoms with Gasteiger partial charge in [0.05, 0.1) is 29.3 Å². The molecule has 5 rings (SSSR count). The lowest BCUT2D eigenvalue weighted by Gasteiger charge is -2.52. The van der Waals surface area contributed by atoms with Gasteiger partial charge in [0.2, 0.25) is 5.78 Å². The van der Waals surface area contributed by atoms with Crippen LogP contribution in [0.15, 0.2) is 47.2 Å². The average molecular weight is 635 g/mol. The molecule has 2 aromatic rings. The number of hydrogen-bond acceptors (Lipinski definition) is 10. The van der Waals surface area contributed by atoms with Crippen molar-refractivity contribution < 1.29 is 44.7 Å². The zero-order valence-electron chi connectivity index (χ0n) is 26.3. The maximum atomic E-state index is 14.0. The molecule has 0 aliphatic heterocycles. The van der Waals surface area contributed by atoms with Crippen molar-refractivity contribution in [2.24, 2.45) is 17.6 Å². The summed E-state index contributed by atoms with van der Waals surface area (Å²) >= 11 is 0. The molecule has 0 radical (unpaired) electrons. The molecule has 1 fully saturated rings. The molecule has 3 aliphatic carbocycles. The Hall–Kier alpha value is -4.72. The summed E-state index contributed by atoms with van der Waals surface area (Å²) in [7, 11) is 2.87. The van der Waals surface area contributed by atoms with E-state index in [2.05, 4.69) is 10.6 Å². The topological polar surface area (TPSA) is 223 Å². The summed E-state index contributed by atoms with van der Waals surface area (Å²) in [6, 6.07) is 6.35. The number of urea groups is 1. The van der Waals surface area contributed by atoms with Crippen molar-refractivity contribution >= 4 is 40.6 Å². The van der Waals surface area contributed by atoms with E-state index in [1.54, 1.807) is 6.07 Å². The van der Waals surface area contributed by atoms with Crippen LogP contribution in [0.2, 0.25) is 0 Å². The van der Waals surface area contributed by atoms with Crippen molar-refractivity contribution in [3.63, 3.8) is 0 Å². The van der Waals surface area contributed by atoms with Crippen molar-refractivity contribution in [3.8, 4) is 5.75 Å². The molecular formula is C33H38N4O9. The lowest BCUT2D eigenvalue weighted by Crippen LogP contribution is -2.70. The maximum Gasteiger partial charge on any atom is 0.323 e. The van der Waals surface area contributed by atoms with Crippen molar-refractivity contribution in [2.45, 2.75) is 57.3 Å². The number of aliphatic hydroxyl groups is 4. The van der Waals surface area contributed by atoms with Crippen LogP contribution in [-0.4, -0.2) is 85.8 Å². The highest BCUT2D eigenvalue weighted by Gasteiger charge is 2.67. The molecule has 0 spiro atoms. The van der Waals surface area contributed by atoms with Crippen molar-refractivity contribution in [1.82, 2.24) is 4.90 Å². The number of likely N-dealkylation sites (N-methyl/N-ethyl adjacent to an activating group) is 1. The van der Waals surface area contributed by atoms with Gasteiger partial charge in [-0.1, -0.05) is 44.5 Å². The standard InChI is InChI=1S/C33H38N4O9/c1-13-7-9-17(16(11-13)32(2,3)4)35-31(45)36-18-10-8-14-12-15-20(26(40)19(14)25(18)39)28(42)33(46)22(24(15)38)23(37(5)6)27(41)21(29(33)43)30(34)44/h7-11,15,22-24,38-40,43,46H,12H2,1-6H3,(H2,34,44)(H2,35,36,45)/t15-,22-,23+,24+,33+/m0/s1. The Labute approximate surface area is 265 Å². The number of ketones is 2. The average Bonchev–Trinajstić information content (AvgIpc) is 2.94. The van der Waals surface area contributed by atoms with Crippen LogP contribution in [0.5, 0.6) is 5.75 Å². The fourth-order valence-electron chi connectivity index (χ4n) is 7.00. The molecule has 0 heterocycles. The van der Waals surface area contributed by atoms with Gasteiger partial charge in [-0.05, 0) is 56.1 Å². The van der Waals surface area contributed by atoms with Crippen LogP contribution < -0.4 is 16.4 Å². The largest absolute Gasteiger partial charge is 0.508 e. The number of benzene rings is 2. The molecule has 5 atom stereocenters. The Bertz CT molecular complexity index is 1770. The quantitative estimate of drug-likeness (QED) is 0.181. The second-order valence-electron chi connectivity index (χ2n) is 13.4. The first-order valence-electron chi connectivity index (χ1n) is 14.7. The van der Waals surface area contributed by atoms with E-state index in [0.29, 0.717) is 11.3 Å². The van der Waals surface area contributed by atoms with Crippen LogP contribution in [0.4, 0.5) is 16.2 Å². The van der Waals surface area contributed by atoms with E-state index >= 15 is 0 Å². The fourth-order valence-corrected chi connectivity index (χ4v) is 7.00. The van der Waals surface area contributed by atoms with Gasteiger partial charge >= 0.3 is 6.03 Å². The number of aryl methyl sites for hydroxylation is 1. The van der Waals surface area contributed by atoms with E-state index in [4.69, 9.17) is 5.73 Å². The number of amides is 3. The van der Waals surface area contributed by atoms with Crippen LogP contribution in [0.3, 0.4) is 0 Å².